The second kappa shape index (κ2) is 6.39. The van der Waals surface area contributed by atoms with Crippen molar-refractivity contribution in [2.75, 3.05) is 31.1 Å². The lowest BCUT2D eigenvalue weighted by atomic mass is 10.1. The van der Waals surface area contributed by atoms with Gasteiger partial charge in [0, 0.05) is 43.9 Å². The second-order valence-corrected chi connectivity index (χ2v) is 5.91. The van der Waals surface area contributed by atoms with Crippen molar-refractivity contribution in [2.45, 2.75) is 0 Å². The number of nitrogens with one attached hydrogen (secondary N) is 1. The third-order valence-corrected chi connectivity index (χ3v) is 4.42. The number of hydrogen-bond donors (Lipinski definition) is 1. The molecular formula is C16H15N7O3. The Morgan fingerprint density at radius 1 is 1.12 bits per heavy atom. The zero-order chi connectivity index (χ0) is 18.1. The molecule has 132 valence electrons. The Morgan fingerprint density at radius 3 is 2.54 bits per heavy atom. The van der Waals surface area contributed by atoms with Crippen LogP contribution in [0.15, 0.2) is 36.8 Å². The lowest BCUT2D eigenvalue weighted by Gasteiger charge is -2.35. The summed E-state index contributed by atoms with van der Waals surface area (Å²) in [6.07, 6.45) is 3.18. The van der Waals surface area contributed by atoms with E-state index in [4.69, 9.17) is 0 Å². The number of fused-ring (bicyclic) bond motifs is 1. The Bertz CT molecular complexity index is 961. The van der Waals surface area contributed by atoms with Crippen LogP contribution in [0.4, 0.5) is 11.5 Å². The first-order valence-corrected chi connectivity index (χ1v) is 8.06. The number of rotatable bonds is 3. The molecule has 0 bridgehead atoms. The van der Waals surface area contributed by atoms with Crippen molar-refractivity contribution in [3.05, 3.63) is 52.5 Å². The van der Waals surface area contributed by atoms with Crippen molar-refractivity contribution in [3.63, 3.8) is 0 Å². The van der Waals surface area contributed by atoms with E-state index >= 15 is 0 Å². The summed E-state index contributed by atoms with van der Waals surface area (Å²) in [4.78, 5) is 35.1. The Morgan fingerprint density at radius 2 is 1.85 bits per heavy atom. The summed E-state index contributed by atoms with van der Waals surface area (Å²) in [5.74, 6) is 0.668. The Labute approximate surface area is 147 Å². The molecule has 3 aromatic rings. The van der Waals surface area contributed by atoms with Crippen molar-refractivity contribution in [1.29, 1.82) is 0 Å². The van der Waals surface area contributed by atoms with Crippen LogP contribution >= 0.6 is 0 Å². The molecule has 10 nitrogen and oxygen atoms in total. The molecular weight excluding hydrogens is 338 g/mol. The molecule has 1 amide bonds. The minimum Gasteiger partial charge on any atom is -0.352 e. The van der Waals surface area contributed by atoms with E-state index in [2.05, 4.69) is 25.1 Å². The maximum Gasteiger partial charge on any atom is 0.269 e. The molecule has 1 saturated heterocycles. The summed E-state index contributed by atoms with van der Waals surface area (Å²) < 4.78 is 0. The largest absolute Gasteiger partial charge is 0.352 e. The standard InChI is InChI=1S/C16H15N7O3/c24-16(11-1-3-12(4-2-11)23(25)26)22-7-5-21(6-8-22)15-13-9-19-20-14(13)17-10-18-15/h1-4,9-10H,5-8H2,(H,17,18,19,20). The third-order valence-electron chi connectivity index (χ3n) is 4.42. The first-order chi connectivity index (χ1) is 12.6. The van der Waals surface area contributed by atoms with Gasteiger partial charge in [0.25, 0.3) is 11.6 Å². The lowest BCUT2D eigenvalue weighted by molar-refractivity contribution is -0.384. The van der Waals surface area contributed by atoms with Crippen molar-refractivity contribution >= 4 is 28.4 Å². The van der Waals surface area contributed by atoms with Crippen molar-refractivity contribution < 1.29 is 9.72 Å². The molecule has 1 N–H and O–H groups in total. The molecule has 0 spiro atoms. The number of nitro benzene ring substituents is 1. The van der Waals surface area contributed by atoms with E-state index in [-0.39, 0.29) is 11.6 Å². The highest BCUT2D eigenvalue weighted by Gasteiger charge is 2.24. The highest BCUT2D eigenvalue weighted by Crippen LogP contribution is 2.22. The number of carbonyl (C=O) groups excluding carboxylic acids is 1. The van der Waals surface area contributed by atoms with Crippen molar-refractivity contribution in [2.24, 2.45) is 0 Å². The van der Waals surface area contributed by atoms with E-state index in [9.17, 15) is 14.9 Å². The number of benzene rings is 1. The number of H-pyrrole nitrogens is 1. The van der Waals surface area contributed by atoms with Crippen LogP contribution in [0.25, 0.3) is 11.0 Å². The SMILES string of the molecule is O=C(c1ccc([N+](=O)[O-])cc1)N1CCN(c2ncnc3[nH]ncc23)CC1. The number of non-ortho nitro benzene ring substituents is 1. The number of amides is 1. The van der Waals surface area contributed by atoms with E-state index in [1.807, 2.05) is 0 Å². The summed E-state index contributed by atoms with van der Waals surface area (Å²) >= 11 is 0. The van der Waals surface area contributed by atoms with Gasteiger partial charge in [-0.05, 0) is 12.1 Å². The number of carbonyl (C=O) groups is 1. The van der Waals surface area contributed by atoms with Gasteiger partial charge in [0.2, 0.25) is 0 Å². The van der Waals surface area contributed by atoms with Crippen LogP contribution in [0.1, 0.15) is 10.4 Å². The Balaban J connectivity index is 1.45. The normalized spacial score (nSPS) is 14.6. The first-order valence-electron chi connectivity index (χ1n) is 8.06. The fourth-order valence-corrected chi connectivity index (χ4v) is 3.03. The summed E-state index contributed by atoms with van der Waals surface area (Å²) in [6.45, 7) is 2.35. The molecule has 1 fully saturated rings. The average molecular weight is 353 g/mol. The summed E-state index contributed by atoms with van der Waals surface area (Å²) in [6, 6.07) is 5.68. The monoisotopic (exact) mass is 353 g/mol. The van der Waals surface area contributed by atoms with Crippen molar-refractivity contribution in [3.8, 4) is 0 Å². The van der Waals surface area contributed by atoms with E-state index in [1.165, 1.54) is 30.6 Å². The quantitative estimate of drug-likeness (QED) is 0.555. The topological polar surface area (TPSA) is 121 Å². The minimum atomic E-state index is -0.481. The van der Waals surface area contributed by atoms with Gasteiger partial charge in [0.1, 0.15) is 12.1 Å². The predicted molar refractivity (Wildman–Crippen MR) is 92.9 cm³/mol. The molecule has 10 heteroatoms. The van der Waals surface area contributed by atoms with E-state index in [0.29, 0.717) is 37.4 Å². The van der Waals surface area contributed by atoms with Crippen LogP contribution in [0.3, 0.4) is 0 Å². The van der Waals surface area contributed by atoms with Crippen LogP contribution in [0, 0.1) is 10.1 Å². The molecule has 26 heavy (non-hydrogen) atoms. The summed E-state index contributed by atoms with van der Waals surface area (Å²) in [7, 11) is 0. The maximum atomic E-state index is 12.6. The van der Waals surface area contributed by atoms with Gasteiger partial charge in [-0.1, -0.05) is 0 Å². The molecule has 1 aromatic carbocycles. The molecule has 0 radical (unpaired) electrons. The van der Waals surface area contributed by atoms with E-state index < -0.39 is 4.92 Å². The summed E-state index contributed by atoms with van der Waals surface area (Å²) in [5.41, 5.74) is 1.10. The molecule has 0 atom stereocenters. The average Bonchev–Trinajstić information content (AvgIpc) is 3.16. The van der Waals surface area contributed by atoms with Gasteiger partial charge >= 0.3 is 0 Å². The number of nitro groups is 1. The number of aromatic nitrogens is 4. The molecule has 0 aliphatic carbocycles. The smallest absolute Gasteiger partial charge is 0.269 e. The minimum absolute atomic E-state index is 0.0285. The number of hydrogen-bond acceptors (Lipinski definition) is 7. The van der Waals surface area contributed by atoms with Gasteiger partial charge in [0.15, 0.2) is 5.65 Å². The molecule has 4 rings (SSSR count). The first kappa shape index (κ1) is 15.9. The number of anilines is 1. The van der Waals surface area contributed by atoms with Crippen molar-refractivity contribution in [1.82, 2.24) is 25.1 Å². The second-order valence-electron chi connectivity index (χ2n) is 5.91. The van der Waals surface area contributed by atoms with Gasteiger partial charge < -0.3 is 9.80 Å². The third kappa shape index (κ3) is 2.81. The maximum absolute atomic E-state index is 12.6. The Hall–Kier alpha value is -3.56. The van der Waals surface area contributed by atoms with Gasteiger partial charge in [-0.2, -0.15) is 5.10 Å². The van der Waals surface area contributed by atoms with E-state index in [0.717, 1.165) is 11.2 Å². The van der Waals surface area contributed by atoms with Crippen LogP contribution < -0.4 is 4.90 Å². The number of piperazine rings is 1. The zero-order valence-electron chi connectivity index (χ0n) is 13.7. The zero-order valence-corrected chi connectivity index (χ0v) is 13.7. The molecule has 1 aliphatic rings. The number of aromatic amines is 1. The lowest BCUT2D eigenvalue weighted by Crippen LogP contribution is -2.49. The van der Waals surface area contributed by atoms with Crippen LogP contribution in [-0.2, 0) is 0 Å². The van der Waals surface area contributed by atoms with Gasteiger partial charge in [-0.15, -0.1) is 0 Å². The van der Waals surface area contributed by atoms with E-state index in [1.54, 1.807) is 11.1 Å². The van der Waals surface area contributed by atoms with Crippen LogP contribution in [0.5, 0.6) is 0 Å². The fraction of sp³-hybridized carbons (Fsp3) is 0.250. The summed E-state index contributed by atoms with van der Waals surface area (Å²) in [5, 5.41) is 18.4. The van der Waals surface area contributed by atoms with Gasteiger partial charge in [0.05, 0.1) is 16.5 Å². The van der Waals surface area contributed by atoms with Gasteiger partial charge in [-0.25, -0.2) is 9.97 Å². The molecule has 3 heterocycles. The highest BCUT2D eigenvalue weighted by atomic mass is 16.6. The highest BCUT2D eigenvalue weighted by molar-refractivity contribution is 5.94. The molecule has 1 aliphatic heterocycles. The molecule has 2 aromatic heterocycles. The molecule has 0 unspecified atom stereocenters. The Kier molecular flexibility index (Phi) is 3.92. The molecule has 0 saturated carbocycles. The van der Waals surface area contributed by atoms with Gasteiger partial charge in [-0.3, -0.25) is 20.0 Å². The van der Waals surface area contributed by atoms with Crippen LogP contribution in [-0.4, -0.2) is 62.1 Å². The predicted octanol–water partition coefficient (Wildman–Crippen LogP) is 1.22. The van der Waals surface area contributed by atoms with Crippen LogP contribution in [0.2, 0.25) is 0 Å². The number of nitrogens with zero attached hydrogens (tertiary/aromatic N) is 6. The fourth-order valence-electron chi connectivity index (χ4n) is 3.03.